The Kier molecular flexibility index (Phi) is 11.0. The number of ether oxygens (including phenoxy) is 1. The van der Waals surface area contributed by atoms with Crippen LogP contribution >= 0.6 is 35.6 Å². The van der Waals surface area contributed by atoms with Crippen LogP contribution in [0.4, 0.5) is 0 Å². The molecule has 0 spiro atoms. The lowest BCUT2D eigenvalue weighted by Gasteiger charge is -2.18. The number of rotatable bonds is 8. The van der Waals surface area contributed by atoms with Crippen LogP contribution in [0.25, 0.3) is 0 Å². The maximum absolute atomic E-state index is 9.59. The number of hydrogen-bond donors (Lipinski definition) is 3. The summed E-state index contributed by atoms with van der Waals surface area (Å²) >= 11 is 5.98. The maximum atomic E-state index is 9.59. The van der Waals surface area contributed by atoms with Gasteiger partial charge >= 0.3 is 0 Å². The average molecular weight is 491 g/mol. The van der Waals surface area contributed by atoms with Crippen LogP contribution < -0.4 is 15.4 Å². The number of aliphatic imine (C=N–C) groups is 1. The Hall–Kier alpha value is -1.58. The Morgan fingerprint density at radius 1 is 1.23 bits per heavy atom. The predicted octanol–water partition coefficient (Wildman–Crippen LogP) is 2.67. The summed E-state index contributed by atoms with van der Waals surface area (Å²) < 4.78 is 5.52. The zero-order chi connectivity index (χ0) is 17.9. The quantitative estimate of drug-likeness (QED) is 0.230. The number of nitrogens with zero attached hydrogens (tertiary/aromatic N) is 2. The SMILES string of the molecule is CN=C(NCCOc1ncccc1Cl)NCC(CO)c1ccccc1.I. The third-order valence-electron chi connectivity index (χ3n) is 3.59. The van der Waals surface area contributed by atoms with Crippen LogP contribution in [-0.2, 0) is 0 Å². The van der Waals surface area contributed by atoms with Crippen molar-refractivity contribution >= 4 is 41.5 Å². The molecule has 0 aliphatic carbocycles. The normalized spacial score (nSPS) is 12.0. The Balaban J connectivity index is 0.00000338. The molecule has 1 heterocycles. The second-order valence-corrected chi connectivity index (χ2v) is 5.72. The Morgan fingerprint density at radius 3 is 2.65 bits per heavy atom. The monoisotopic (exact) mass is 490 g/mol. The molecule has 6 nitrogen and oxygen atoms in total. The molecule has 142 valence electrons. The molecule has 0 amide bonds. The number of pyridine rings is 1. The molecule has 1 unspecified atom stereocenters. The summed E-state index contributed by atoms with van der Waals surface area (Å²) in [6.45, 7) is 1.59. The molecule has 1 aromatic carbocycles. The van der Waals surface area contributed by atoms with Gasteiger partial charge in [0.15, 0.2) is 5.96 Å². The van der Waals surface area contributed by atoms with Crippen LogP contribution in [0.15, 0.2) is 53.7 Å². The highest BCUT2D eigenvalue weighted by molar-refractivity contribution is 14.0. The van der Waals surface area contributed by atoms with Gasteiger partial charge in [-0.2, -0.15) is 0 Å². The summed E-state index contributed by atoms with van der Waals surface area (Å²) in [5.41, 5.74) is 1.08. The van der Waals surface area contributed by atoms with Gasteiger partial charge in [0.1, 0.15) is 11.6 Å². The molecule has 2 aromatic rings. The van der Waals surface area contributed by atoms with Gasteiger partial charge in [0.05, 0.1) is 13.2 Å². The zero-order valence-electron chi connectivity index (χ0n) is 14.6. The topological polar surface area (TPSA) is 78.8 Å². The number of aliphatic hydroxyl groups is 1. The van der Waals surface area contributed by atoms with E-state index in [0.29, 0.717) is 36.6 Å². The Bertz CT molecular complexity index is 673. The minimum absolute atomic E-state index is 0. The second-order valence-electron chi connectivity index (χ2n) is 5.31. The fourth-order valence-corrected chi connectivity index (χ4v) is 2.42. The van der Waals surface area contributed by atoms with Crippen molar-refractivity contribution < 1.29 is 9.84 Å². The standard InChI is InChI=1S/C18H23ClN4O2.HI/c1-20-18(22-10-11-25-17-16(19)8-5-9-21-17)23-12-15(13-24)14-6-3-2-4-7-14;/h2-9,15,24H,10-13H2,1H3,(H2,20,22,23);1H. The first-order chi connectivity index (χ1) is 12.2. The highest BCUT2D eigenvalue weighted by Crippen LogP contribution is 2.19. The van der Waals surface area contributed by atoms with Crippen LogP contribution in [0, 0.1) is 0 Å². The molecule has 2 rings (SSSR count). The molecule has 3 N–H and O–H groups in total. The van der Waals surface area contributed by atoms with Crippen molar-refractivity contribution in [2.75, 3.05) is 33.4 Å². The molecule has 0 bridgehead atoms. The molecule has 0 radical (unpaired) electrons. The number of nitrogens with one attached hydrogen (secondary N) is 2. The van der Waals surface area contributed by atoms with Crippen LogP contribution in [0.5, 0.6) is 5.88 Å². The van der Waals surface area contributed by atoms with E-state index in [0.717, 1.165) is 5.56 Å². The highest BCUT2D eigenvalue weighted by atomic mass is 127. The maximum Gasteiger partial charge on any atom is 0.232 e. The molecule has 0 saturated heterocycles. The molecule has 1 aromatic heterocycles. The fraction of sp³-hybridized carbons (Fsp3) is 0.333. The van der Waals surface area contributed by atoms with E-state index in [1.807, 2.05) is 30.3 Å². The number of benzene rings is 1. The van der Waals surface area contributed by atoms with Gasteiger partial charge in [-0.15, -0.1) is 24.0 Å². The highest BCUT2D eigenvalue weighted by Gasteiger charge is 2.10. The number of aromatic nitrogens is 1. The van der Waals surface area contributed by atoms with E-state index in [4.69, 9.17) is 16.3 Å². The van der Waals surface area contributed by atoms with Gasteiger partial charge in [-0.25, -0.2) is 4.98 Å². The van der Waals surface area contributed by atoms with E-state index in [9.17, 15) is 5.11 Å². The van der Waals surface area contributed by atoms with Crippen molar-refractivity contribution in [3.05, 3.63) is 59.2 Å². The first kappa shape index (κ1) is 22.5. The molecular formula is C18H24ClIN4O2. The van der Waals surface area contributed by atoms with Gasteiger partial charge in [0, 0.05) is 25.7 Å². The molecule has 1 atom stereocenters. The van der Waals surface area contributed by atoms with Crippen molar-refractivity contribution in [2.24, 2.45) is 4.99 Å². The zero-order valence-corrected chi connectivity index (χ0v) is 17.6. The van der Waals surface area contributed by atoms with Crippen LogP contribution in [0.3, 0.4) is 0 Å². The van der Waals surface area contributed by atoms with Gasteiger partial charge in [-0.1, -0.05) is 41.9 Å². The van der Waals surface area contributed by atoms with Gasteiger partial charge < -0.3 is 20.5 Å². The van der Waals surface area contributed by atoms with Crippen molar-refractivity contribution in [1.82, 2.24) is 15.6 Å². The van der Waals surface area contributed by atoms with Gasteiger partial charge in [0.25, 0.3) is 0 Å². The summed E-state index contributed by atoms with van der Waals surface area (Å²) in [7, 11) is 1.70. The molecule has 8 heteroatoms. The molecule has 0 aliphatic heterocycles. The van der Waals surface area contributed by atoms with E-state index in [1.165, 1.54) is 0 Å². The van der Waals surface area contributed by atoms with Crippen molar-refractivity contribution in [3.8, 4) is 5.88 Å². The van der Waals surface area contributed by atoms with E-state index in [2.05, 4.69) is 20.6 Å². The fourth-order valence-electron chi connectivity index (χ4n) is 2.25. The van der Waals surface area contributed by atoms with Gasteiger partial charge in [-0.05, 0) is 17.7 Å². The van der Waals surface area contributed by atoms with E-state index < -0.39 is 0 Å². The van der Waals surface area contributed by atoms with Crippen molar-refractivity contribution in [1.29, 1.82) is 0 Å². The summed E-state index contributed by atoms with van der Waals surface area (Å²) in [6.07, 6.45) is 1.63. The van der Waals surface area contributed by atoms with Crippen LogP contribution in [0.2, 0.25) is 5.02 Å². The van der Waals surface area contributed by atoms with Gasteiger partial charge in [0.2, 0.25) is 5.88 Å². The van der Waals surface area contributed by atoms with E-state index in [-0.39, 0.29) is 36.5 Å². The largest absolute Gasteiger partial charge is 0.475 e. The number of halogens is 2. The van der Waals surface area contributed by atoms with E-state index in [1.54, 1.807) is 25.4 Å². The average Bonchev–Trinajstić information content (AvgIpc) is 2.66. The van der Waals surface area contributed by atoms with Crippen molar-refractivity contribution in [3.63, 3.8) is 0 Å². The Morgan fingerprint density at radius 2 is 2.00 bits per heavy atom. The minimum atomic E-state index is 0. The first-order valence-corrected chi connectivity index (χ1v) is 8.46. The number of hydrogen-bond acceptors (Lipinski definition) is 4. The summed E-state index contributed by atoms with van der Waals surface area (Å²) in [5, 5.41) is 16.4. The molecule has 0 saturated carbocycles. The summed E-state index contributed by atoms with van der Waals surface area (Å²) in [6, 6.07) is 13.4. The van der Waals surface area contributed by atoms with Crippen LogP contribution in [0.1, 0.15) is 11.5 Å². The predicted molar refractivity (Wildman–Crippen MR) is 116 cm³/mol. The lowest BCUT2D eigenvalue weighted by molar-refractivity contribution is 0.265. The summed E-state index contributed by atoms with van der Waals surface area (Å²) in [4.78, 5) is 8.23. The second kappa shape index (κ2) is 12.7. The lowest BCUT2D eigenvalue weighted by atomic mass is 10.0. The smallest absolute Gasteiger partial charge is 0.232 e. The number of guanidine groups is 1. The lowest BCUT2D eigenvalue weighted by Crippen LogP contribution is -2.41. The molecule has 0 aliphatic rings. The third kappa shape index (κ3) is 7.35. The summed E-state index contributed by atoms with van der Waals surface area (Å²) in [5.74, 6) is 1.06. The third-order valence-corrected chi connectivity index (χ3v) is 3.88. The van der Waals surface area contributed by atoms with Gasteiger partial charge in [-0.3, -0.25) is 4.99 Å². The minimum Gasteiger partial charge on any atom is -0.475 e. The molecule has 26 heavy (non-hydrogen) atoms. The first-order valence-electron chi connectivity index (χ1n) is 8.08. The molecule has 0 fully saturated rings. The molecular weight excluding hydrogens is 467 g/mol. The van der Waals surface area contributed by atoms with E-state index >= 15 is 0 Å². The van der Waals surface area contributed by atoms with Crippen molar-refractivity contribution in [2.45, 2.75) is 5.92 Å². The van der Waals surface area contributed by atoms with Crippen LogP contribution in [-0.4, -0.2) is 49.4 Å². The Labute approximate surface area is 176 Å². The number of aliphatic hydroxyl groups excluding tert-OH is 1.